The van der Waals surface area contributed by atoms with E-state index in [4.69, 9.17) is 14.2 Å². The average Bonchev–Trinajstić information content (AvgIpc) is 2.74. The van der Waals surface area contributed by atoms with Crippen LogP contribution in [0.2, 0.25) is 0 Å². The first kappa shape index (κ1) is 13.9. The molecule has 0 atom stereocenters. The zero-order chi connectivity index (χ0) is 14.8. The fourth-order valence-corrected chi connectivity index (χ4v) is 3.08. The van der Waals surface area contributed by atoms with Crippen LogP contribution in [0.3, 0.4) is 0 Å². The molecule has 0 N–H and O–H groups in total. The molecule has 2 heterocycles. The maximum Gasteiger partial charge on any atom is 0.349 e. The van der Waals surface area contributed by atoms with E-state index in [1.807, 2.05) is 18.2 Å². The van der Waals surface area contributed by atoms with Gasteiger partial charge in [-0.05, 0) is 25.1 Å². The highest BCUT2D eigenvalue weighted by atomic mass is 32.1. The van der Waals surface area contributed by atoms with E-state index >= 15 is 0 Å². The fourth-order valence-electron chi connectivity index (χ4n) is 2.10. The number of carbonyl (C=O) groups is 1. The number of carbonyl (C=O) groups excluding carboxylic acids is 1. The third kappa shape index (κ3) is 2.71. The summed E-state index contributed by atoms with van der Waals surface area (Å²) in [5.41, 5.74) is 1.58. The Hall–Kier alpha value is -2.08. The molecule has 1 aromatic heterocycles. The van der Waals surface area contributed by atoms with Crippen LogP contribution in [0.1, 0.15) is 21.8 Å². The van der Waals surface area contributed by atoms with Crippen LogP contribution in [0.15, 0.2) is 18.2 Å². The minimum Gasteiger partial charge on any atom is -0.490 e. The number of nitrogens with zero attached hydrogens (tertiary/aromatic N) is 1. The third-order valence-electron chi connectivity index (χ3n) is 3.16. The van der Waals surface area contributed by atoms with Crippen molar-refractivity contribution in [2.75, 3.05) is 20.3 Å². The number of aryl methyl sites for hydroxylation is 1. The second-order valence-corrected chi connectivity index (χ2v) is 5.64. The fraction of sp³-hybridized carbons (Fsp3) is 0.333. The second kappa shape index (κ2) is 5.73. The standard InChI is InChI=1S/C15H15NO4S/c1-9-13(15(17)18-2)21-14(16-9)10-4-5-11-12(8-10)20-7-3-6-19-11/h4-5,8H,3,6-7H2,1-2H3. The van der Waals surface area contributed by atoms with Crippen molar-refractivity contribution in [1.29, 1.82) is 0 Å². The molecule has 1 aromatic carbocycles. The topological polar surface area (TPSA) is 57.7 Å². The van der Waals surface area contributed by atoms with Crippen LogP contribution in [-0.2, 0) is 4.74 Å². The molecule has 0 fully saturated rings. The van der Waals surface area contributed by atoms with E-state index in [-0.39, 0.29) is 5.97 Å². The van der Waals surface area contributed by atoms with Gasteiger partial charge in [-0.2, -0.15) is 0 Å². The van der Waals surface area contributed by atoms with Crippen molar-refractivity contribution in [3.8, 4) is 22.1 Å². The summed E-state index contributed by atoms with van der Waals surface area (Å²) in [7, 11) is 1.37. The molecule has 21 heavy (non-hydrogen) atoms. The first-order valence-corrected chi connectivity index (χ1v) is 7.46. The molecule has 0 saturated carbocycles. The Morgan fingerprint density at radius 2 is 2.05 bits per heavy atom. The van der Waals surface area contributed by atoms with Gasteiger partial charge < -0.3 is 14.2 Å². The monoisotopic (exact) mass is 305 g/mol. The second-order valence-electron chi connectivity index (χ2n) is 4.64. The van der Waals surface area contributed by atoms with Gasteiger partial charge in [-0.25, -0.2) is 9.78 Å². The first-order chi connectivity index (χ1) is 10.2. The van der Waals surface area contributed by atoms with Gasteiger partial charge in [0, 0.05) is 12.0 Å². The Labute approximate surface area is 126 Å². The molecule has 1 aliphatic heterocycles. The molecule has 0 amide bonds. The van der Waals surface area contributed by atoms with E-state index in [0.717, 1.165) is 28.5 Å². The lowest BCUT2D eigenvalue weighted by Crippen LogP contribution is -1.99. The third-order valence-corrected chi connectivity index (χ3v) is 4.35. The van der Waals surface area contributed by atoms with Crippen LogP contribution >= 0.6 is 11.3 Å². The molecule has 0 aliphatic carbocycles. The summed E-state index contributed by atoms with van der Waals surface area (Å²) in [4.78, 5) is 16.6. The first-order valence-electron chi connectivity index (χ1n) is 6.65. The number of methoxy groups -OCH3 is 1. The van der Waals surface area contributed by atoms with E-state index in [0.29, 0.717) is 23.8 Å². The Morgan fingerprint density at radius 3 is 2.81 bits per heavy atom. The number of fused-ring (bicyclic) bond motifs is 1. The number of esters is 1. The van der Waals surface area contributed by atoms with Crippen molar-refractivity contribution in [3.63, 3.8) is 0 Å². The minimum atomic E-state index is -0.356. The normalized spacial score (nSPS) is 13.6. The predicted molar refractivity (Wildman–Crippen MR) is 79.2 cm³/mol. The molecule has 6 heteroatoms. The molecule has 0 unspecified atom stereocenters. The Morgan fingerprint density at radius 1 is 1.29 bits per heavy atom. The number of ether oxygens (including phenoxy) is 3. The van der Waals surface area contributed by atoms with Crippen molar-refractivity contribution in [3.05, 3.63) is 28.8 Å². The maximum atomic E-state index is 11.7. The summed E-state index contributed by atoms with van der Waals surface area (Å²) in [6.45, 7) is 3.10. The van der Waals surface area contributed by atoms with Gasteiger partial charge in [0.25, 0.3) is 0 Å². The largest absolute Gasteiger partial charge is 0.490 e. The Kier molecular flexibility index (Phi) is 3.79. The average molecular weight is 305 g/mol. The van der Waals surface area contributed by atoms with Gasteiger partial charge >= 0.3 is 5.97 Å². The highest BCUT2D eigenvalue weighted by Crippen LogP contribution is 2.36. The number of hydrogen-bond acceptors (Lipinski definition) is 6. The molecule has 0 radical (unpaired) electrons. The lowest BCUT2D eigenvalue weighted by atomic mass is 10.2. The highest BCUT2D eigenvalue weighted by molar-refractivity contribution is 7.17. The summed E-state index contributed by atoms with van der Waals surface area (Å²) < 4.78 is 16.0. The molecule has 0 saturated heterocycles. The number of benzene rings is 1. The van der Waals surface area contributed by atoms with Crippen molar-refractivity contribution in [2.45, 2.75) is 13.3 Å². The molecule has 0 bridgehead atoms. The van der Waals surface area contributed by atoms with Crippen LogP contribution in [-0.4, -0.2) is 31.3 Å². The zero-order valence-corrected chi connectivity index (χ0v) is 12.7. The lowest BCUT2D eigenvalue weighted by molar-refractivity contribution is 0.0605. The van der Waals surface area contributed by atoms with Gasteiger partial charge in [0.1, 0.15) is 9.88 Å². The van der Waals surface area contributed by atoms with Crippen molar-refractivity contribution >= 4 is 17.3 Å². The maximum absolute atomic E-state index is 11.7. The number of aromatic nitrogens is 1. The zero-order valence-electron chi connectivity index (χ0n) is 11.8. The smallest absolute Gasteiger partial charge is 0.349 e. The summed E-state index contributed by atoms with van der Waals surface area (Å²) in [5.74, 6) is 1.11. The van der Waals surface area contributed by atoms with Crippen molar-refractivity contribution < 1.29 is 19.0 Å². The van der Waals surface area contributed by atoms with E-state index < -0.39 is 0 Å². The summed E-state index contributed by atoms with van der Waals surface area (Å²) in [6, 6.07) is 5.71. The molecule has 3 rings (SSSR count). The Balaban J connectivity index is 1.97. The van der Waals surface area contributed by atoms with Crippen LogP contribution in [0.4, 0.5) is 0 Å². The molecule has 1 aliphatic rings. The van der Waals surface area contributed by atoms with Gasteiger partial charge in [0.15, 0.2) is 11.5 Å². The minimum absolute atomic E-state index is 0.356. The van der Waals surface area contributed by atoms with Crippen LogP contribution < -0.4 is 9.47 Å². The molecule has 110 valence electrons. The number of hydrogen-bond donors (Lipinski definition) is 0. The summed E-state index contributed by atoms with van der Waals surface area (Å²) in [6.07, 6.45) is 0.868. The van der Waals surface area contributed by atoms with Crippen molar-refractivity contribution in [2.24, 2.45) is 0 Å². The van der Waals surface area contributed by atoms with E-state index in [9.17, 15) is 4.79 Å². The summed E-state index contributed by atoms with van der Waals surface area (Å²) >= 11 is 1.32. The molecule has 2 aromatic rings. The predicted octanol–water partition coefficient (Wildman–Crippen LogP) is 3.07. The van der Waals surface area contributed by atoms with Crippen LogP contribution in [0.5, 0.6) is 11.5 Å². The number of rotatable bonds is 2. The molecular weight excluding hydrogens is 290 g/mol. The quantitative estimate of drug-likeness (QED) is 0.798. The van der Waals surface area contributed by atoms with Gasteiger partial charge in [0.05, 0.1) is 26.0 Å². The molecule has 0 spiro atoms. The van der Waals surface area contributed by atoms with Crippen molar-refractivity contribution in [1.82, 2.24) is 4.98 Å². The SMILES string of the molecule is COC(=O)c1sc(-c2ccc3c(c2)OCCCO3)nc1C. The summed E-state index contributed by atoms with van der Waals surface area (Å²) in [5, 5.41) is 0.767. The van der Waals surface area contributed by atoms with Gasteiger partial charge in [-0.3, -0.25) is 0 Å². The molecular formula is C15H15NO4S. The van der Waals surface area contributed by atoms with E-state index in [1.165, 1.54) is 18.4 Å². The van der Waals surface area contributed by atoms with Gasteiger partial charge in [-0.1, -0.05) is 0 Å². The van der Waals surface area contributed by atoms with E-state index in [1.54, 1.807) is 6.92 Å². The van der Waals surface area contributed by atoms with Crippen LogP contribution in [0, 0.1) is 6.92 Å². The van der Waals surface area contributed by atoms with Gasteiger partial charge in [0.2, 0.25) is 0 Å². The van der Waals surface area contributed by atoms with E-state index in [2.05, 4.69) is 4.98 Å². The molecule has 5 nitrogen and oxygen atoms in total. The Bertz CT molecular complexity index is 680. The van der Waals surface area contributed by atoms with Crippen LogP contribution in [0.25, 0.3) is 10.6 Å². The highest BCUT2D eigenvalue weighted by Gasteiger charge is 2.18. The van der Waals surface area contributed by atoms with Gasteiger partial charge in [-0.15, -0.1) is 11.3 Å². The lowest BCUT2D eigenvalue weighted by Gasteiger charge is -2.07. The number of thiazole rings is 1.